The number of hydrogen-bond acceptors (Lipinski definition) is 3. The van der Waals surface area contributed by atoms with E-state index in [2.05, 4.69) is 36.7 Å². The molecule has 3 nitrogen and oxygen atoms in total. The van der Waals surface area contributed by atoms with Crippen LogP contribution in [-0.2, 0) is 13.6 Å². The van der Waals surface area contributed by atoms with Crippen molar-refractivity contribution in [3.05, 3.63) is 17.5 Å². The molecule has 1 N–H and O–H groups in total. The topological polar surface area (TPSA) is 29.9 Å². The highest BCUT2D eigenvalue weighted by molar-refractivity contribution is 7.98. The van der Waals surface area contributed by atoms with Gasteiger partial charge in [0.25, 0.3) is 0 Å². The predicted octanol–water partition coefficient (Wildman–Crippen LogP) is 2.39. The van der Waals surface area contributed by atoms with E-state index in [1.807, 2.05) is 23.5 Å². The minimum atomic E-state index is 0.504. The van der Waals surface area contributed by atoms with Crippen molar-refractivity contribution in [2.75, 3.05) is 18.6 Å². The van der Waals surface area contributed by atoms with Gasteiger partial charge >= 0.3 is 0 Å². The van der Waals surface area contributed by atoms with Crippen molar-refractivity contribution in [2.24, 2.45) is 7.05 Å². The van der Waals surface area contributed by atoms with Crippen LogP contribution in [0, 0.1) is 0 Å². The lowest BCUT2D eigenvalue weighted by atomic mass is 10.1. The van der Waals surface area contributed by atoms with Crippen LogP contribution in [0.25, 0.3) is 0 Å². The van der Waals surface area contributed by atoms with Crippen LogP contribution >= 0.6 is 11.8 Å². The molecule has 92 valence electrons. The Morgan fingerprint density at radius 2 is 2.25 bits per heavy atom. The fraction of sp³-hybridized carbons (Fsp3) is 0.750. The van der Waals surface area contributed by atoms with E-state index in [4.69, 9.17) is 0 Å². The summed E-state index contributed by atoms with van der Waals surface area (Å²) in [6, 6.07) is 0. The van der Waals surface area contributed by atoms with Gasteiger partial charge in [0, 0.05) is 25.4 Å². The second-order valence-corrected chi connectivity index (χ2v) is 5.38. The molecule has 1 aromatic heterocycles. The number of hydrogen-bond donors (Lipinski definition) is 1. The van der Waals surface area contributed by atoms with Crippen LogP contribution in [0.4, 0.5) is 0 Å². The van der Waals surface area contributed by atoms with E-state index in [-0.39, 0.29) is 0 Å². The molecule has 0 saturated heterocycles. The molecular formula is C12H23N3S. The molecule has 1 heterocycles. The zero-order chi connectivity index (χ0) is 12.0. The Kier molecular flexibility index (Phi) is 5.91. The van der Waals surface area contributed by atoms with Crippen LogP contribution in [0.1, 0.15) is 37.4 Å². The molecule has 0 unspecified atom stereocenters. The van der Waals surface area contributed by atoms with Crippen molar-refractivity contribution >= 4 is 11.8 Å². The monoisotopic (exact) mass is 241 g/mol. The van der Waals surface area contributed by atoms with E-state index in [1.54, 1.807) is 0 Å². The average Bonchev–Trinajstić information content (AvgIpc) is 2.59. The number of nitrogens with zero attached hydrogens (tertiary/aromatic N) is 2. The Balaban J connectivity index is 2.40. The highest BCUT2D eigenvalue weighted by atomic mass is 32.2. The van der Waals surface area contributed by atoms with Gasteiger partial charge in [-0.2, -0.15) is 16.9 Å². The standard InChI is InChI=1S/C12H23N3S/c1-10(2)12-11(9-15(3)14-12)8-13-6-5-7-16-4/h9-10,13H,5-8H2,1-4H3. The normalized spacial score (nSPS) is 11.3. The number of aromatic nitrogens is 2. The molecule has 0 bridgehead atoms. The van der Waals surface area contributed by atoms with Gasteiger partial charge in [0.2, 0.25) is 0 Å². The molecule has 0 fully saturated rings. The molecule has 4 heteroatoms. The fourth-order valence-electron chi connectivity index (χ4n) is 1.74. The predicted molar refractivity (Wildman–Crippen MR) is 72.0 cm³/mol. The van der Waals surface area contributed by atoms with E-state index in [1.165, 1.54) is 23.4 Å². The van der Waals surface area contributed by atoms with E-state index >= 15 is 0 Å². The summed E-state index contributed by atoms with van der Waals surface area (Å²) in [5.41, 5.74) is 2.56. The van der Waals surface area contributed by atoms with Gasteiger partial charge in [-0.3, -0.25) is 4.68 Å². The first kappa shape index (κ1) is 13.6. The quantitative estimate of drug-likeness (QED) is 0.743. The molecule has 16 heavy (non-hydrogen) atoms. The highest BCUT2D eigenvalue weighted by Crippen LogP contribution is 2.16. The zero-order valence-corrected chi connectivity index (χ0v) is 11.6. The Hall–Kier alpha value is -0.480. The first-order valence-electron chi connectivity index (χ1n) is 5.87. The molecule has 0 spiro atoms. The molecule has 0 atom stereocenters. The maximum Gasteiger partial charge on any atom is 0.0694 e. The van der Waals surface area contributed by atoms with Crippen LogP contribution in [0.5, 0.6) is 0 Å². The zero-order valence-electron chi connectivity index (χ0n) is 10.8. The van der Waals surface area contributed by atoms with Gasteiger partial charge in [-0.25, -0.2) is 0 Å². The van der Waals surface area contributed by atoms with Crippen molar-refractivity contribution < 1.29 is 0 Å². The Morgan fingerprint density at radius 3 is 2.88 bits per heavy atom. The molecular weight excluding hydrogens is 218 g/mol. The van der Waals surface area contributed by atoms with Crippen molar-refractivity contribution in [1.29, 1.82) is 0 Å². The third kappa shape index (κ3) is 4.18. The molecule has 0 aromatic carbocycles. The summed E-state index contributed by atoms with van der Waals surface area (Å²) >= 11 is 1.90. The smallest absolute Gasteiger partial charge is 0.0694 e. The lowest BCUT2D eigenvalue weighted by molar-refractivity contribution is 0.667. The van der Waals surface area contributed by atoms with Crippen molar-refractivity contribution in [3.63, 3.8) is 0 Å². The highest BCUT2D eigenvalue weighted by Gasteiger charge is 2.10. The minimum Gasteiger partial charge on any atom is -0.313 e. The van der Waals surface area contributed by atoms with Gasteiger partial charge < -0.3 is 5.32 Å². The number of nitrogens with one attached hydrogen (secondary N) is 1. The van der Waals surface area contributed by atoms with Gasteiger partial charge in [-0.15, -0.1) is 0 Å². The molecule has 0 radical (unpaired) electrons. The van der Waals surface area contributed by atoms with Gasteiger partial charge in [0.05, 0.1) is 5.69 Å². The number of rotatable bonds is 7. The number of thioether (sulfide) groups is 1. The van der Waals surface area contributed by atoms with E-state index in [0.29, 0.717) is 5.92 Å². The molecule has 0 amide bonds. The maximum absolute atomic E-state index is 4.50. The minimum absolute atomic E-state index is 0.504. The molecule has 0 aliphatic heterocycles. The van der Waals surface area contributed by atoms with Crippen molar-refractivity contribution in [3.8, 4) is 0 Å². The number of aryl methyl sites for hydroxylation is 1. The lowest BCUT2D eigenvalue weighted by Crippen LogP contribution is -2.16. The van der Waals surface area contributed by atoms with Crippen LogP contribution in [0.15, 0.2) is 6.20 Å². The summed E-state index contributed by atoms with van der Waals surface area (Å²) in [4.78, 5) is 0. The van der Waals surface area contributed by atoms with Crippen molar-refractivity contribution in [1.82, 2.24) is 15.1 Å². The summed E-state index contributed by atoms with van der Waals surface area (Å²) in [6.45, 7) is 6.42. The van der Waals surface area contributed by atoms with E-state index in [0.717, 1.165) is 13.1 Å². The second-order valence-electron chi connectivity index (χ2n) is 4.39. The van der Waals surface area contributed by atoms with Gasteiger partial charge in [-0.05, 0) is 30.9 Å². The molecule has 0 aliphatic rings. The molecule has 1 rings (SSSR count). The SMILES string of the molecule is CSCCCNCc1cn(C)nc1C(C)C. The van der Waals surface area contributed by atoms with E-state index < -0.39 is 0 Å². The largest absolute Gasteiger partial charge is 0.313 e. The first-order chi connectivity index (χ1) is 7.65. The second kappa shape index (κ2) is 6.97. The van der Waals surface area contributed by atoms with Crippen LogP contribution in [0.3, 0.4) is 0 Å². The van der Waals surface area contributed by atoms with Gasteiger partial charge in [-0.1, -0.05) is 13.8 Å². The third-order valence-electron chi connectivity index (χ3n) is 2.50. The van der Waals surface area contributed by atoms with Crippen LogP contribution in [-0.4, -0.2) is 28.3 Å². The summed E-state index contributed by atoms with van der Waals surface area (Å²) in [7, 11) is 1.99. The molecule has 0 aliphatic carbocycles. The van der Waals surface area contributed by atoms with Crippen LogP contribution in [0.2, 0.25) is 0 Å². The fourth-order valence-corrected chi connectivity index (χ4v) is 2.17. The third-order valence-corrected chi connectivity index (χ3v) is 3.20. The van der Waals surface area contributed by atoms with E-state index in [9.17, 15) is 0 Å². The molecule has 0 saturated carbocycles. The Bertz CT molecular complexity index is 307. The summed E-state index contributed by atoms with van der Waals surface area (Å²) in [5.74, 6) is 1.74. The lowest BCUT2D eigenvalue weighted by Gasteiger charge is -2.06. The van der Waals surface area contributed by atoms with Gasteiger partial charge in [0.15, 0.2) is 0 Å². The summed E-state index contributed by atoms with van der Waals surface area (Å²) < 4.78 is 1.91. The average molecular weight is 241 g/mol. The van der Waals surface area contributed by atoms with Crippen molar-refractivity contribution in [2.45, 2.75) is 32.7 Å². The van der Waals surface area contributed by atoms with Gasteiger partial charge in [0.1, 0.15) is 0 Å². The first-order valence-corrected chi connectivity index (χ1v) is 7.26. The van der Waals surface area contributed by atoms with Crippen LogP contribution < -0.4 is 5.32 Å². The summed E-state index contributed by atoms with van der Waals surface area (Å²) in [6.07, 6.45) is 5.51. The maximum atomic E-state index is 4.50. The Morgan fingerprint density at radius 1 is 1.50 bits per heavy atom. The molecule has 1 aromatic rings. The Labute approximate surface area is 103 Å². The summed E-state index contributed by atoms with van der Waals surface area (Å²) in [5, 5.41) is 7.98.